The number of aryl methyl sites for hydroxylation is 1. The second-order valence-electron chi connectivity index (χ2n) is 6.10. The van der Waals surface area contributed by atoms with Crippen molar-refractivity contribution in [3.63, 3.8) is 0 Å². The van der Waals surface area contributed by atoms with E-state index in [0.717, 1.165) is 54.9 Å². The normalized spacial score (nSPS) is 19.0. The summed E-state index contributed by atoms with van der Waals surface area (Å²) < 4.78 is 0. The zero-order chi connectivity index (χ0) is 14.8. The molecule has 21 heavy (non-hydrogen) atoms. The van der Waals surface area contributed by atoms with E-state index in [4.69, 9.17) is 0 Å². The van der Waals surface area contributed by atoms with Gasteiger partial charge in [-0.3, -0.25) is 4.90 Å². The quantitative estimate of drug-likeness (QED) is 0.941. The minimum atomic E-state index is -0.189. The maximum atomic E-state index is 9.66. The van der Waals surface area contributed by atoms with Crippen molar-refractivity contribution in [3.05, 3.63) is 35.8 Å². The predicted octanol–water partition coefficient (Wildman–Crippen LogP) is 2.53. The number of piperidine rings is 1. The first kappa shape index (κ1) is 14.4. The SMILES string of the molecule is Cc1nc(CN2CCC(C(C)O)CC2)nc2ccccc12. The number of fused-ring (bicyclic) bond motifs is 1. The highest BCUT2D eigenvalue weighted by molar-refractivity contribution is 5.80. The molecule has 4 nitrogen and oxygen atoms in total. The Balaban J connectivity index is 1.71. The van der Waals surface area contributed by atoms with Gasteiger partial charge < -0.3 is 5.11 Å². The Bertz CT molecular complexity index is 618. The molecule has 1 aliphatic rings. The zero-order valence-electron chi connectivity index (χ0n) is 12.8. The van der Waals surface area contributed by atoms with E-state index in [2.05, 4.69) is 20.9 Å². The number of hydrogen-bond donors (Lipinski definition) is 1. The summed E-state index contributed by atoms with van der Waals surface area (Å²) in [6.07, 6.45) is 1.93. The molecule has 1 unspecified atom stereocenters. The van der Waals surface area contributed by atoms with Crippen molar-refractivity contribution in [1.82, 2.24) is 14.9 Å². The van der Waals surface area contributed by atoms with Gasteiger partial charge in [-0.15, -0.1) is 0 Å². The van der Waals surface area contributed by atoms with Gasteiger partial charge in [-0.2, -0.15) is 0 Å². The van der Waals surface area contributed by atoms with Gasteiger partial charge in [0.25, 0.3) is 0 Å². The van der Waals surface area contributed by atoms with Gasteiger partial charge in [-0.05, 0) is 51.8 Å². The molecule has 1 atom stereocenters. The number of nitrogens with zero attached hydrogens (tertiary/aromatic N) is 3. The maximum absolute atomic E-state index is 9.66. The van der Waals surface area contributed by atoms with Gasteiger partial charge >= 0.3 is 0 Å². The molecule has 1 aromatic carbocycles. The van der Waals surface area contributed by atoms with Crippen molar-refractivity contribution >= 4 is 10.9 Å². The number of aromatic nitrogens is 2. The van der Waals surface area contributed by atoms with Gasteiger partial charge in [0, 0.05) is 11.1 Å². The van der Waals surface area contributed by atoms with E-state index in [1.54, 1.807) is 0 Å². The minimum Gasteiger partial charge on any atom is -0.393 e. The lowest BCUT2D eigenvalue weighted by atomic mass is 9.92. The van der Waals surface area contributed by atoms with Crippen LogP contribution in [0, 0.1) is 12.8 Å². The van der Waals surface area contributed by atoms with E-state index in [0.29, 0.717) is 5.92 Å². The number of aliphatic hydroxyl groups excluding tert-OH is 1. The summed E-state index contributed by atoms with van der Waals surface area (Å²) in [5.41, 5.74) is 2.08. The molecular formula is C17H23N3O. The molecular weight excluding hydrogens is 262 g/mol. The molecule has 2 heterocycles. The fraction of sp³-hybridized carbons (Fsp3) is 0.529. The third-order valence-corrected chi connectivity index (χ3v) is 4.52. The van der Waals surface area contributed by atoms with Crippen LogP contribution in [0.4, 0.5) is 0 Å². The summed E-state index contributed by atoms with van der Waals surface area (Å²) in [6, 6.07) is 8.17. The molecule has 1 N–H and O–H groups in total. The molecule has 0 bridgehead atoms. The molecule has 0 amide bonds. The van der Waals surface area contributed by atoms with Gasteiger partial charge in [0.2, 0.25) is 0 Å². The van der Waals surface area contributed by atoms with Crippen LogP contribution < -0.4 is 0 Å². The van der Waals surface area contributed by atoms with Gasteiger partial charge in [-0.1, -0.05) is 18.2 Å². The molecule has 0 spiro atoms. The summed E-state index contributed by atoms with van der Waals surface area (Å²) in [5.74, 6) is 1.35. The molecule has 0 saturated carbocycles. The highest BCUT2D eigenvalue weighted by Crippen LogP contribution is 2.22. The van der Waals surface area contributed by atoms with E-state index in [9.17, 15) is 5.11 Å². The van der Waals surface area contributed by atoms with Crippen LogP contribution >= 0.6 is 0 Å². The first-order valence-electron chi connectivity index (χ1n) is 7.76. The molecule has 112 valence electrons. The van der Waals surface area contributed by atoms with Crippen molar-refractivity contribution in [2.75, 3.05) is 13.1 Å². The number of hydrogen-bond acceptors (Lipinski definition) is 4. The Kier molecular flexibility index (Phi) is 4.17. The predicted molar refractivity (Wildman–Crippen MR) is 84.0 cm³/mol. The second-order valence-corrected chi connectivity index (χ2v) is 6.10. The van der Waals surface area contributed by atoms with Gasteiger partial charge in [-0.25, -0.2) is 9.97 Å². The summed E-state index contributed by atoms with van der Waals surface area (Å²) >= 11 is 0. The number of aliphatic hydroxyl groups is 1. The lowest BCUT2D eigenvalue weighted by Crippen LogP contribution is -2.37. The average molecular weight is 285 g/mol. The van der Waals surface area contributed by atoms with Crippen LogP contribution in [0.5, 0.6) is 0 Å². The Morgan fingerprint density at radius 2 is 1.95 bits per heavy atom. The Morgan fingerprint density at radius 3 is 2.67 bits per heavy atom. The van der Waals surface area contributed by atoms with E-state index < -0.39 is 0 Å². The van der Waals surface area contributed by atoms with E-state index >= 15 is 0 Å². The molecule has 1 saturated heterocycles. The Labute approximate surface area is 125 Å². The topological polar surface area (TPSA) is 49.2 Å². The van der Waals surface area contributed by atoms with Crippen LogP contribution in [-0.2, 0) is 6.54 Å². The third-order valence-electron chi connectivity index (χ3n) is 4.52. The van der Waals surface area contributed by atoms with Crippen LogP contribution in [0.15, 0.2) is 24.3 Å². The Hall–Kier alpha value is -1.52. The lowest BCUT2D eigenvalue weighted by molar-refractivity contribution is 0.0687. The first-order chi connectivity index (χ1) is 10.1. The van der Waals surface area contributed by atoms with E-state index in [1.165, 1.54) is 0 Å². The molecule has 2 aromatic rings. The van der Waals surface area contributed by atoms with Crippen molar-refractivity contribution in [2.24, 2.45) is 5.92 Å². The largest absolute Gasteiger partial charge is 0.393 e. The highest BCUT2D eigenvalue weighted by atomic mass is 16.3. The lowest BCUT2D eigenvalue weighted by Gasteiger charge is -2.32. The van der Waals surface area contributed by atoms with Crippen LogP contribution in [0.2, 0.25) is 0 Å². The fourth-order valence-corrected chi connectivity index (χ4v) is 3.16. The number of para-hydroxylation sites is 1. The van der Waals surface area contributed by atoms with Crippen LogP contribution in [-0.4, -0.2) is 39.2 Å². The van der Waals surface area contributed by atoms with Crippen molar-refractivity contribution < 1.29 is 5.11 Å². The monoisotopic (exact) mass is 285 g/mol. The summed E-state index contributed by atoms with van der Waals surface area (Å²) in [7, 11) is 0. The number of benzene rings is 1. The molecule has 1 fully saturated rings. The van der Waals surface area contributed by atoms with E-state index in [1.807, 2.05) is 32.0 Å². The molecule has 1 aliphatic heterocycles. The second kappa shape index (κ2) is 6.08. The molecule has 3 rings (SSSR count). The summed E-state index contributed by atoms with van der Waals surface area (Å²) in [5, 5.41) is 10.8. The minimum absolute atomic E-state index is 0.189. The fourth-order valence-electron chi connectivity index (χ4n) is 3.16. The van der Waals surface area contributed by atoms with Gasteiger partial charge in [0.1, 0.15) is 5.82 Å². The maximum Gasteiger partial charge on any atom is 0.143 e. The van der Waals surface area contributed by atoms with Crippen LogP contribution in [0.25, 0.3) is 10.9 Å². The molecule has 0 radical (unpaired) electrons. The van der Waals surface area contributed by atoms with Crippen molar-refractivity contribution in [3.8, 4) is 0 Å². The van der Waals surface area contributed by atoms with Crippen molar-refractivity contribution in [1.29, 1.82) is 0 Å². The summed E-state index contributed by atoms with van der Waals surface area (Å²) in [6.45, 7) is 6.79. The molecule has 1 aromatic heterocycles. The van der Waals surface area contributed by atoms with Gasteiger partial charge in [0.15, 0.2) is 0 Å². The van der Waals surface area contributed by atoms with E-state index in [-0.39, 0.29) is 6.10 Å². The van der Waals surface area contributed by atoms with Gasteiger partial charge in [0.05, 0.1) is 18.2 Å². The van der Waals surface area contributed by atoms with Crippen molar-refractivity contribution in [2.45, 2.75) is 39.3 Å². The Morgan fingerprint density at radius 1 is 1.24 bits per heavy atom. The third kappa shape index (κ3) is 3.22. The first-order valence-corrected chi connectivity index (χ1v) is 7.76. The number of rotatable bonds is 3. The van der Waals surface area contributed by atoms with Crippen LogP contribution in [0.3, 0.4) is 0 Å². The zero-order valence-corrected chi connectivity index (χ0v) is 12.8. The smallest absolute Gasteiger partial charge is 0.143 e. The molecule has 4 heteroatoms. The van der Waals surface area contributed by atoms with Crippen LogP contribution in [0.1, 0.15) is 31.3 Å². The highest BCUT2D eigenvalue weighted by Gasteiger charge is 2.23. The standard InChI is InChI=1S/C17H23N3O/c1-12-15-5-3-4-6-16(15)19-17(18-12)11-20-9-7-14(8-10-20)13(2)21/h3-6,13-14,21H,7-11H2,1-2H3. The number of likely N-dealkylation sites (tertiary alicyclic amines) is 1. The molecule has 0 aliphatic carbocycles. The summed E-state index contributed by atoms with van der Waals surface area (Å²) in [4.78, 5) is 11.7. The average Bonchev–Trinajstić information content (AvgIpc) is 2.48.